The zero-order valence-corrected chi connectivity index (χ0v) is 53.0. The Morgan fingerprint density at radius 2 is 1.03 bits per heavy atom. The number of hydrogen-bond acceptors (Lipinski definition) is 17. The first-order valence-corrected chi connectivity index (χ1v) is 33.1. The minimum atomic E-state index is 0.504. The molecular formula is C69H65N21S2. The number of fused-ring (bicyclic) bond motifs is 6. The lowest BCUT2D eigenvalue weighted by Crippen LogP contribution is -2.27. The molecule has 1 aliphatic carbocycles. The topological polar surface area (TPSA) is 287 Å². The van der Waals surface area contributed by atoms with Crippen LogP contribution in [0.25, 0.3) is 145 Å². The molecule has 2 aliphatic heterocycles. The average molecular weight is 1250 g/mol. The summed E-state index contributed by atoms with van der Waals surface area (Å²) in [6.07, 6.45) is 32.9. The Hall–Kier alpha value is -10.5. The van der Waals surface area contributed by atoms with Gasteiger partial charge in [-0.1, -0.05) is 33.8 Å². The van der Waals surface area contributed by atoms with Gasteiger partial charge in [0.25, 0.3) is 0 Å². The fourth-order valence-electron chi connectivity index (χ4n) is 11.9. The lowest BCUT2D eigenvalue weighted by atomic mass is 9.93. The van der Waals surface area contributed by atoms with E-state index in [1.54, 1.807) is 42.3 Å². The van der Waals surface area contributed by atoms with Gasteiger partial charge in [0.1, 0.15) is 22.6 Å². The number of aryl methyl sites for hydroxylation is 1. The first-order chi connectivity index (χ1) is 45.5. The van der Waals surface area contributed by atoms with E-state index >= 15 is 0 Å². The summed E-state index contributed by atoms with van der Waals surface area (Å²) in [6, 6.07) is 14.3. The van der Waals surface area contributed by atoms with Gasteiger partial charge >= 0.3 is 0 Å². The van der Waals surface area contributed by atoms with Gasteiger partial charge in [-0.25, -0.2) is 15.0 Å². The van der Waals surface area contributed by atoms with Crippen LogP contribution in [0.2, 0.25) is 0 Å². The first kappa shape index (κ1) is 59.2. The number of piperidine rings is 1. The molecule has 458 valence electrons. The number of aromatic amines is 6. The number of pyridine rings is 8. The van der Waals surface area contributed by atoms with Crippen LogP contribution >= 0.6 is 23.1 Å². The van der Waals surface area contributed by atoms with E-state index in [0.29, 0.717) is 11.7 Å². The van der Waals surface area contributed by atoms with Gasteiger partial charge in [-0.15, -0.1) is 11.8 Å². The Morgan fingerprint density at radius 3 is 1.58 bits per heavy atom. The molecule has 21 nitrogen and oxygen atoms in total. The molecule has 1 saturated heterocycles. The quantitative estimate of drug-likeness (QED) is 0.0707. The number of H-pyrrole nitrogens is 6. The molecule has 0 radical (unpaired) electrons. The van der Waals surface area contributed by atoms with Gasteiger partial charge in [0.2, 0.25) is 0 Å². The van der Waals surface area contributed by atoms with Crippen molar-refractivity contribution in [3.8, 4) is 68.2 Å². The Kier molecular flexibility index (Phi) is 17.1. The molecule has 0 amide bonds. The van der Waals surface area contributed by atoms with Crippen LogP contribution in [0.5, 0.6) is 0 Å². The SMILES string of the molecule is C1=C(c2cncc3[nH]c(-c4n[nH]c5cnc(-c6ccncc6)cc45)nc23)CCS1.C1=C(c2cncc3[nH]c(-c4n[nH]c5cnc(C6CCNCC6)cc45)nc23)CCC1.CC.CC.Cc1cncc(-c2cc3c(-c4nc5c(-c6ccsc6)cncc5[nH]4)n[nH]c3cn2)c1. The summed E-state index contributed by atoms with van der Waals surface area (Å²) in [5.74, 6) is 3.81. The number of nitrogens with one attached hydrogen (secondary N) is 7. The summed E-state index contributed by atoms with van der Waals surface area (Å²) in [6.45, 7) is 12.1. The summed E-state index contributed by atoms with van der Waals surface area (Å²) in [5, 5.41) is 35.6. The van der Waals surface area contributed by atoms with E-state index in [9.17, 15) is 0 Å². The molecule has 17 heterocycles. The van der Waals surface area contributed by atoms with Crippen molar-refractivity contribution < 1.29 is 0 Å². The van der Waals surface area contributed by atoms with Crippen LogP contribution in [0.15, 0.2) is 145 Å². The molecule has 0 saturated carbocycles. The Morgan fingerprint density at radius 1 is 0.489 bits per heavy atom. The van der Waals surface area contributed by atoms with Crippen LogP contribution in [-0.4, -0.2) is 119 Å². The Balaban J connectivity index is 0.000000117. The number of nitrogens with zero attached hydrogens (tertiary/aromatic N) is 14. The molecular weight excluding hydrogens is 1190 g/mol. The molecule has 0 atom stereocenters. The van der Waals surface area contributed by atoms with E-state index in [0.717, 1.165) is 202 Å². The zero-order valence-electron chi connectivity index (χ0n) is 51.4. The second-order valence-corrected chi connectivity index (χ2v) is 23.8. The average Bonchev–Trinajstić information content (AvgIpc) is 1.72. The van der Waals surface area contributed by atoms with Gasteiger partial charge in [-0.05, 0) is 139 Å². The van der Waals surface area contributed by atoms with Gasteiger partial charge in [0.15, 0.2) is 17.5 Å². The fourth-order valence-corrected chi connectivity index (χ4v) is 13.5. The van der Waals surface area contributed by atoms with Gasteiger partial charge in [-0.3, -0.25) is 55.2 Å². The monoisotopic (exact) mass is 1250 g/mol. The van der Waals surface area contributed by atoms with Gasteiger partial charge in [0, 0.05) is 105 Å². The number of allylic oxidation sites excluding steroid dienone is 3. The third kappa shape index (κ3) is 11.7. The van der Waals surface area contributed by atoms with Crippen molar-refractivity contribution in [3.63, 3.8) is 0 Å². The largest absolute Gasteiger partial charge is 0.335 e. The summed E-state index contributed by atoms with van der Waals surface area (Å²) in [7, 11) is 0. The highest BCUT2D eigenvalue weighted by molar-refractivity contribution is 8.02. The molecule has 7 N–H and O–H groups in total. The maximum atomic E-state index is 4.94. The van der Waals surface area contributed by atoms with Crippen molar-refractivity contribution >= 4 is 100 Å². The highest BCUT2D eigenvalue weighted by Gasteiger charge is 2.23. The molecule has 15 aromatic rings. The summed E-state index contributed by atoms with van der Waals surface area (Å²) in [5.41, 5.74) is 23.5. The number of hydrogen-bond donors (Lipinski definition) is 7. The van der Waals surface area contributed by atoms with Crippen LogP contribution in [-0.2, 0) is 0 Å². The Bertz CT molecular complexity index is 5140. The smallest absolute Gasteiger partial charge is 0.159 e. The van der Waals surface area contributed by atoms with Gasteiger partial charge in [0.05, 0.1) is 92.7 Å². The number of thioether (sulfide) groups is 1. The van der Waals surface area contributed by atoms with Crippen molar-refractivity contribution in [2.45, 2.75) is 79.1 Å². The maximum absolute atomic E-state index is 4.94. The predicted octanol–water partition coefficient (Wildman–Crippen LogP) is 15.4. The molecule has 0 unspecified atom stereocenters. The van der Waals surface area contributed by atoms with E-state index in [4.69, 9.17) is 19.9 Å². The zero-order chi connectivity index (χ0) is 62.5. The van der Waals surface area contributed by atoms with Crippen LogP contribution in [0.1, 0.15) is 94.5 Å². The molecule has 18 rings (SSSR count). The van der Waals surface area contributed by atoms with Crippen LogP contribution in [0.4, 0.5) is 0 Å². The van der Waals surface area contributed by atoms with Crippen molar-refractivity contribution in [1.29, 1.82) is 0 Å². The third-order valence-corrected chi connectivity index (χ3v) is 18.0. The van der Waals surface area contributed by atoms with E-state index in [1.165, 1.54) is 17.6 Å². The second-order valence-electron chi connectivity index (χ2n) is 22.0. The maximum Gasteiger partial charge on any atom is 0.159 e. The molecule has 0 spiro atoms. The van der Waals surface area contributed by atoms with E-state index in [2.05, 4.69) is 126 Å². The molecule has 1 fully saturated rings. The van der Waals surface area contributed by atoms with Gasteiger partial charge in [-0.2, -0.15) is 26.6 Å². The number of rotatable bonds is 9. The molecule has 3 aliphatic rings. The number of thiophene rings is 1. The molecule has 0 bridgehead atoms. The van der Waals surface area contributed by atoms with Crippen molar-refractivity contribution in [2.24, 2.45) is 0 Å². The highest BCUT2D eigenvalue weighted by atomic mass is 32.2. The fraction of sp³-hybridized carbons (Fsp3) is 0.217. The number of imidazole rings is 3. The van der Waals surface area contributed by atoms with Crippen LogP contribution < -0.4 is 5.32 Å². The second kappa shape index (κ2) is 26.5. The molecule has 23 heteroatoms. The first-order valence-electron chi connectivity index (χ1n) is 31.1. The van der Waals surface area contributed by atoms with Crippen molar-refractivity contribution in [1.82, 2.24) is 106 Å². The highest BCUT2D eigenvalue weighted by Crippen LogP contribution is 2.38. The summed E-state index contributed by atoms with van der Waals surface area (Å²) in [4.78, 5) is 60.3. The third-order valence-electron chi connectivity index (χ3n) is 16.4. The van der Waals surface area contributed by atoms with Crippen molar-refractivity contribution in [2.75, 3.05) is 18.8 Å². The lowest BCUT2D eigenvalue weighted by Gasteiger charge is -2.21. The van der Waals surface area contributed by atoms with Gasteiger partial charge < -0.3 is 20.3 Å². The molecule has 15 aromatic heterocycles. The minimum Gasteiger partial charge on any atom is -0.335 e. The van der Waals surface area contributed by atoms with E-state index in [-0.39, 0.29) is 0 Å². The summed E-state index contributed by atoms with van der Waals surface area (Å²) >= 11 is 3.49. The molecule has 92 heavy (non-hydrogen) atoms. The minimum absolute atomic E-state index is 0.504. The molecule has 0 aromatic carbocycles. The number of aromatic nitrogens is 20. The standard InChI is InChI=1S/C22H15N7S.C22H23N7.C21H15N7S.2C2H6/c1-12-4-14(7-23-6-12)17-5-15-18(10-25-17)28-29-21(15)22-26-19-9-24-8-16(20(19)27-22)13-2-3-30-11-13;1-2-4-13(3-1)16-10-24-11-19-20(16)27-22(26-19)21-15-9-17(14-5-7-23-8-6-14)25-12-18(15)28-29-21;1-4-22-5-2-12(1)16-7-14-17(10-24-16)27-28-20(14)21-25-18-9-23-8-15(19(18)26-21)13-3-6-29-11-13;2*1-2/h2-11H,1H3,(H,26,27)(H,28,29);3,9-12,14,23H,1-2,4-8H2,(H,26,27)(H,28,29);1-2,4-5,7-11H,3,6H2,(H,25,26)(H,27,28);2*1-2H3. The van der Waals surface area contributed by atoms with Crippen LogP contribution in [0.3, 0.4) is 0 Å². The van der Waals surface area contributed by atoms with E-state index < -0.39 is 0 Å². The normalized spacial score (nSPS) is 14.0. The lowest BCUT2D eigenvalue weighted by molar-refractivity contribution is 0.453. The van der Waals surface area contributed by atoms with Crippen LogP contribution in [0, 0.1) is 6.92 Å². The summed E-state index contributed by atoms with van der Waals surface area (Å²) < 4.78 is 0. The Labute approximate surface area is 536 Å². The van der Waals surface area contributed by atoms with Crippen molar-refractivity contribution in [3.05, 3.63) is 168 Å². The predicted molar refractivity (Wildman–Crippen MR) is 369 cm³/mol. The van der Waals surface area contributed by atoms with E-state index in [1.807, 2.05) is 120 Å².